The van der Waals surface area contributed by atoms with Crippen LogP contribution < -0.4 is 5.32 Å². The first kappa shape index (κ1) is 12.5. The molecule has 1 N–H and O–H groups in total. The number of amides is 1. The third kappa shape index (κ3) is 3.56. The average molecular weight is 237 g/mol. The molecule has 1 atom stereocenters. The van der Waals surface area contributed by atoms with E-state index in [9.17, 15) is 4.79 Å². The molecule has 4 heteroatoms. The molecule has 1 aromatic rings. The van der Waals surface area contributed by atoms with E-state index in [0.29, 0.717) is 18.0 Å². The molecular formula is C12H13ClN2O. The van der Waals surface area contributed by atoms with Gasteiger partial charge in [-0.3, -0.25) is 4.79 Å². The number of carbonyl (C=O) groups is 1. The van der Waals surface area contributed by atoms with E-state index in [1.165, 1.54) is 0 Å². The number of alkyl halides is 1. The van der Waals surface area contributed by atoms with E-state index in [-0.39, 0.29) is 11.8 Å². The summed E-state index contributed by atoms with van der Waals surface area (Å²) < 4.78 is 0. The number of nitrogens with zero attached hydrogens (tertiary/aromatic N) is 1. The lowest BCUT2D eigenvalue weighted by Gasteiger charge is -2.09. The Hall–Kier alpha value is -1.53. The van der Waals surface area contributed by atoms with Gasteiger partial charge in [-0.1, -0.05) is 19.1 Å². The van der Waals surface area contributed by atoms with Crippen molar-refractivity contribution < 1.29 is 4.79 Å². The predicted octanol–water partition coefficient (Wildman–Crippen LogP) is 2.05. The summed E-state index contributed by atoms with van der Waals surface area (Å²) in [5.41, 5.74) is 1.58. The Balaban J connectivity index is 2.49. The quantitative estimate of drug-likeness (QED) is 0.814. The van der Waals surface area contributed by atoms with Crippen LogP contribution in [0.2, 0.25) is 0 Å². The minimum atomic E-state index is -0.181. The van der Waals surface area contributed by atoms with Crippen LogP contribution in [0.25, 0.3) is 0 Å². The largest absolute Gasteiger partial charge is 0.352 e. The monoisotopic (exact) mass is 236 g/mol. The fraction of sp³-hybridized carbons (Fsp3) is 0.333. The molecule has 0 aliphatic heterocycles. The molecule has 0 aliphatic carbocycles. The first-order valence-electron chi connectivity index (χ1n) is 5.00. The molecule has 0 bridgehead atoms. The molecule has 0 aliphatic rings. The molecule has 3 nitrogen and oxygen atoms in total. The number of carbonyl (C=O) groups excluding carboxylic acids is 1. The summed E-state index contributed by atoms with van der Waals surface area (Å²) in [5.74, 6) is 0.0820. The molecule has 16 heavy (non-hydrogen) atoms. The minimum absolute atomic E-state index is 0.0561. The van der Waals surface area contributed by atoms with E-state index in [0.717, 1.165) is 5.56 Å². The number of hydrogen-bond donors (Lipinski definition) is 1. The molecule has 84 valence electrons. The van der Waals surface area contributed by atoms with E-state index in [2.05, 4.69) is 5.32 Å². The van der Waals surface area contributed by atoms with Gasteiger partial charge in [0.1, 0.15) is 0 Å². The summed E-state index contributed by atoms with van der Waals surface area (Å²) in [4.78, 5) is 11.4. The molecule has 1 unspecified atom stereocenters. The highest BCUT2D eigenvalue weighted by molar-refractivity contribution is 6.19. The SMILES string of the molecule is CC(CCl)C(=O)NCc1ccc(C#N)cc1. The van der Waals surface area contributed by atoms with Gasteiger partial charge in [-0.15, -0.1) is 11.6 Å². The maximum absolute atomic E-state index is 11.4. The minimum Gasteiger partial charge on any atom is -0.352 e. The number of nitrogens with one attached hydrogen (secondary N) is 1. The molecular weight excluding hydrogens is 224 g/mol. The van der Waals surface area contributed by atoms with Crippen LogP contribution in [0.15, 0.2) is 24.3 Å². The van der Waals surface area contributed by atoms with Gasteiger partial charge in [0.25, 0.3) is 0 Å². The van der Waals surface area contributed by atoms with E-state index in [4.69, 9.17) is 16.9 Å². The molecule has 1 rings (SSSR count). The van der Waals surface area contributed by atoms with Gasteiger partial charge in [-0.25, -0.2) is 0 Å². The van der Waals surface area contributed by atoms with Gasteiger partial charge in [0.15, 0.2) is 0 Å². The second-order valence-corrected chi connectivity index (χ2v) is 3.89. The van der Waals surface area contributed by atoms with Gasteiger partial charge in [0.2, 0.25) is 5.91 Å². The van der Waals surface area contributed by atoms with Gasteiger partial charge in [-0.05, 0) is 17.7 Å². The second kappa shape index (κ2) is 6.14. The lowest BCUT2D eigenvalue weighted by atomic mass is 10.1. The Labute approximate surface area is 100 Å². The lowest BCUT2D eigenvalue weighted by Crippen LogP contribution is -2.29. The summed E-state index contributed by atoms with van der Waals surface area (Å²) in [6.45, 7) is 2.24. The molecule has 1 amide bonds. The lowest BCUT2D eigenvalue weighted by molar-refractivity contribution is -0.124. The van der Waals surface area contributed by atoms with Crippen molar-refractivity contribution in [2.45, 2.75) is 13.5 Å². The molecule has 0 radical (unpaired) electrons. The topological polar surface area (TPSA) is 52.9 Å². The molecule has 0 heterocycles. The van der Waals surface area contributed by atoms with Gasteiger partial charge >= 0.3 is 0 Å². The molecule has 0 fully saturated rings. The van der Waals surface area contributed by atoms with Crippen LogP contribution in [0.1, 0.15) is 18.1 Å². The number of halogens is 1. The zero-order valence-corrected chi connectivity index (χ0v) is 9.79. The molecule has 1 aromatic carbocycles. The number of hydrogen-bond acceptors (Lipinski definition) is 2. The number of nitriles is 1. The van der Waals surface area contributed by atoms with Crippen LogP contribution in [-0.4, -0.2) is 11.8 Å². The first-order chi connectivity index (χ1) is 7.67. The van der Waals surface area contributed by atoms with Crippen molar-refractivity contribution in [1.29, 1.82) is 5.26 Å². The zero-order chi connectivity index (χ0) is 12.0. The zero-order valence-electron chi connectivity index (χ0n) is 9.03. The fourth-order valence-electron chi connectivity index (χ4n) is 1.13. The maximum Gasteiger partial charge on any atom is 0.224 e. The summed E-state index contributed by atoms with van der Waals surface area (Å²) in [6, 6.07) is 9.15. The van der Waals surface area contributed by atoms with Crippen molar-refractivity contribution in [1.82, 2.24) is 5.32 Å². The van der Waals surface area contributed by atoms with E-state index in [1.807, 2.05) is 18.2 Å². The molecule has 0 saturated carbocycles. The third-order valence-corrected chi connectivity index (χ3v) is 2.69. The second-order valence-electron chi connectivity index (χ2n) is 3.58. The van der Waals surface area contributed by atoms with E-state index >= 15 is 0 Å². The van der Waals surface area contributed by atoms with Crippen LogP contribution in [0.4, 0.5) is 0 Å². The van der Waals surface area contributed by atoms with E-state index in [1.54, 1.807) is 19.1 Å². The van der Waals surface area contributed by atoms with Crippen molar-refractivity contribution in [3.63, 3.8) is 0 Å². The molecule has 0 spiro atoms. The van der Waals surface area contributed by atoms with E-state index < -0.39 is 0 Å². The Morgan fingerprint density at radius 2 is 2.12 bits per heavy atom. The van der Waals surface area contributed by atoms with Crippen molar-refractivity contribution in [3.05, 3.63) is 35.4 Å². The van der Waals surface area contributed by atoms with Crippen molar-refractivity contribution in [2.24, 2.45) is 5.92 Å². The summed E-state index contributed by atoms with van der Waals surface area (Å²) in [5, 5.41) is 11.4. The molecule has 0 aromatic heterocycles. The van der Waals surface area contributed by atoms with Crippen LogP contribution in [0.3, 0.4) is 0 Å². The fourth-order valence-corrected chi connectivity index (χ4v) is 1.27. The maximum atomic E-state index is 11.4. The Morgan fingerprint density at radius 1 is 1.50 bits per heavy atom. The first-order valence-corrected chi connectivity index (χ1v) is 5.53. The van der Waals surface area contributed by atoms with Gasteiger partial charge in [0, 0.05) is 18.3 Å². The Morgan fingerprint density at radius 3 is 2.62 bits per heavy atom. The predicted molar refractivity (Wildman–Crippen MR) is 62.9 cm³/mol. The van der Waals surface area contributed by atoms with Gasteiger partial charge < -0.3 is 5.32 Å². The molecule has 0 saturated heterocycles. The normalized spacial score (nSPS) is 11.6. The highest BCUT2D eigenvalue weighted by Crippen LogP contribution is 2.04. The number of benzene rings is 1. The summed E-state index contributed by atoms with van der Waals surface area (Å²) >= 11 is 5.57. The van der Waals surface area contributed by atoms with Crippen LogP contribution in [0, 0.1) is 17.2 Å². The third-order valence-electron chi connectivity index (χ3n) is 2.23. The number of rotatable bonds is 4. The smallest absolute Gasteiger partial charge is 0.224 e. The Bertz CT molecular complexity index is 394. The van der Waals surface area contributed by atoms with Gasteiger partial charge in [-0.2, -0.15) is 5.26 Å². The van der Waals surface area contributed by atoms with Crippen LogP contribution >= 0.6 is 11.6 Å². The highest BCUT2D eigenvalue weighted by atomic mass is 35.5. The highest BCUT2D eigenvalue weighted by Gasteiger charge is 2.10. The van der Waals surface area contributed by atoms with Crippen LogP contribution in [0.5, 0.6) is 0 Å². The van der Waals surface area contributed by atoms with Crippen molar-refractivity contribution in [2.75, 3.05) is 5.88 Å². The van der Waals surface area contributed by atoms with Gasteiger partial charge in [0.05, 0.1) is 11.6 Å². The van der Waals surface area contributed by atoms with Crippen molar-refractivity contribution in [3.8, 4) is 6.07 Å². The Kier molecular flexibility index (Phi) is 4.81. The summed E-state index contributed by atoms with van der Waals surface area (Å²) in [7, 11) is 0. The van der Waals surface area contributed by atoms with Crippen LogP contribution in [-0.2, 0) is 11.3 Å². The average Bonchev–Trinajstić information content (AvgIpc) is 2.35. The van der Waals surface area contributed by atoms with Crippen molar-refractivity contribution >= 4 is 17.5 Å². The summed E-state index contributed by atoms with van der Waals surface area (Å²) in [6.07, 6.45) is 0. The standard InChI is InChI=1S/C12H13ClN2O/c1-9(6-13)12(16)15-8-11-4-2-10(7-14)3-5-11/h2-5,9H,6,8H2,1H3,(H,15,16).